The first kappa shape index (κ1) is 12.7. The van der Waals surface area contributed by atoms with Crippen molar-refractivity contribution in [2.75, 3.05) is 31.1 Å². The van der Waals surface area contributed by atoms with E-state index in [1.807, 2.05) is 37.7 Å². The summed E-state index contributed by atoms with van der Waals surface area (Å²) in [6.45, 7) is 6.71. The number of hydrogen-bond acceptors (Lipinski definition) is 3. The molecule has 1 saturated heterocycles. The van der Waals surface area contributed by atoms with Crippen molar-refractivity contribution in [2.45, 2.75) is 13.8 Å². The lowest BCUT2D eigenvalue weighted by Gasteiger charge is -2.25. The molecule has 0 aromatic heterocycles. The zero-order valence-corrected chi connectivity index (χ0v) is 11.3. The quantitative estimate of drug-likeness (QED) is 0.768. The third-order valence-corrected chi connectivity index (χ3v) is 4.11. The molecule has 17 heavy (non-hydrogen) atoms. The molecule has 0 atom stereocenters. The number of benzene rings is 1. The summed E-state index contributed by atoms with van der Waals surface area (Å²) in [5, 5.41) is 0. The summed E-state index contributed by atoms with van der Waals surface area (Å²) in [7, 11) is 0. The molecule has 1 aliphatic rings. The van der Waals surface area contributed by atoms with Crippen LogP contribution in [0.4, 0.5) is 0 Å². The Hall–Kier alpha value is -0.800. The normalized spacial score (nSPS) is 17.1. The van der Waals surface area contributed by atoms with Gasteiger partial charge in [0.1, 0.15) is 0 Å². The maximum Gasteiger partial charge on any atom is 0.177 e. The molecule has 0 radical (unpaired) electrons. The highest BCUT2D eigenvalue weighted by Crippen LogP contribution is 2.14. The summed E-state index contributed by atoms with van der Waals surface area (Å²) in [5.74, 6) is 2.57. The van der Waals surface area contributed by atoms with E-state index in [0.717, 1.165) is 41.3 Å². The lowest BCUT2D eigenvalue weighted by Crippen LogP contribution is -2.36. The zero-order chi connectivity index (χ0) is 12.3. The molecule has 1 fully saturated rings. The van der Waals surface area contributed by atoms with Crippen LogP contribution in [0.25, 0.3) is 0 Å². The summed E-state index contributed by atoms with van der Waals surface area (Å²) >= 11 is 1.97. The molecule has 0 bridgehead atoms. The van der Waals surface area contributed by atoms with Gasteiger partial charge in [0, 0.05) is 30.2 Å². The van der Waals surface area contributed by atoms with Crippen LogP contribution in [0.1, 0.15) is 21.5 Å². The van der Waals surface area contributed by atoms with Crippen molar-refractivity contribution in [3.8, 4) is 0 Å². The summed E-state index contributed by atoms with van der Waals surface area (Å²) < 4.78 is 0. The maximum absolute atomic E-state index is 12.2. The van der Waals surface area contributed by atoms with Crippen molar-refractivity contribution in [3.05, 3.63) is 34.9 Å². The Morgan fingerprint density at radius 1 is 1.29 bits per heavy atom. The summed E-state index contributed by atoms with van der Waals surface area (Å²) in [6.07, 6.45) is 0. The molecule has 0 amide bonds. The van der Waals surface area contributed by atoms with Crippen molar-refractivity contribution in [3.63, 3.8) is 0 Å². The smallest absolute Gasteiger partial charge is 0.177 e. The summed E-state index contributed by atoms with van der Waals surface area (Å²) in [5.41, 5.74) is 3.14. The molecule has 1 aliphatic heterocycles. The second-order valence-electron chi connectivity index (χ2n) is 4.63. The number of carbonyl (C=O) groups excluding carboxylic acids is 1. The van der Waals surface area contributed by atoms with Crippen molar-refractivity contribution in [2.24, 2.45) is 0 Å². The molecular formula is C14H19NOS. The highest BCUT2D eigenvalue weighted by molar-refractivity contribution is 7.99. The molecule has 1 aromatic carbocycles. The van der Waals surface area contributed by atoms with Crippen molar-refractivity contribution < 1.29 is 4.79 Å². The Morgan fingerprint density at radius 3 is 2.71 bits per heavy atom. The number of rotatable bonds is 3. The first-order valence-corrected chi connectivity index (χ1v) is 7.23. The maximum atomic E-state index is 12.2. The number of aryl methyl sites for hydroxylation is 2. The Bertz CT molecular complexity index is 411. The van der Waals surface area contributed by atoms with E-state index in [9.17, 15) is 4.79 Å². The number of nitrogens with zero attached hydrogens (tertiary/aromatic N) is 1. The second kappa shape index (κ2) is 5.69. The van der Waals surface area contributed by atoms with Gasteiger partial charge >= 0.3 is 0 Å². The van der Waals surface area contributed by atoms with Gasteiger partial charge in [0.25, 0.3) is 0 Å². The minimum Gasteiger partial charge on any atom is -0.294 e. The Kier molecular flexibility index (Phi) is 4.24. The van der Waals surface area contributed by atoms with E-state index in [1.165, 1.54) is 0 Å². The molecule has 0 saturated carbocycles. The molecule has 2 rings (SSSR count). The van der Waals surface area contributed by atoms with Crippen molar-refractivity contribution in [1.82, 2.24) is 4.90 Å². The van der Waals surface area contributed by atoms with Crippen LogP contribution in [-0.4, -0.2) is 41.8 Å². The third kappa shape index (κ3) is 3.33. The standard InChI is InChI=1S/C14H19NOS/c1-11-3-4-12(2)13(9-11)14(16)10-15-5-7-17-8-6-15/h3-4,9H,5-8,10H2,1-2H3. The largest absolute Gasteiger partial charge is 0.294 e. The zero-order valence-electron chi connectivity index (χ0n) is 10.5. The van der Waals surface area contributed by atoms with Gasteiger partial charge in [-0.15, -0.1) is 0 Å². The number of ketones is 1. The fourth-order valence-corrected chi connectivity index (χ4v) is 3.06. The van der Waals surface area contributed by atoms with Gasteiger partial charge in [-0.1, -0.05) is 17.7 Å². The van der Waals surface area contributed by atoms with Crippen LogP contribution < -0.4 is 0 Å². The predicted molar refractivity (Wildman–Crippen MR) is 74.0 cm³/mol. The highest BCUT2D eigenvalue weighted by atomic mass is 32.2. The van der Waals surface area contributed by atoms with E-state index >= 15 is 0 Å². The molecule has 1 aromatic rings. The fraction of sp³-hybridized carbons (Fsp3) is 0.500. The predicted octanol–water partition coefficient (Wildman–Crippen LogP) is 2.53. The summed E-state index contributed by atoms with van der Waals surface area (Å²) in [4.78, 5) is 14.5. The molecule has 0 N–H and O–H groups in total. The van der Waals surface area contributed by atoms with Gasteiger partial charge in [-0.25, -0.2) is 0 Å². The van der Waals surface area contributed by atoms with Gasteiger partial charge in [0.15, 0.2) is 5.78 Å². The fourth-order valence-electron chi connectivity index (χ4n) is 2.08. The number of Topliss-reactive ketones (excluding diaryl/α,β-unsaturated/α-hetero) is 1. The van der Waals surface area contributed by atoms with E-state index in [0.29, 0.717) is 6.54 Å². The van der Waals surface area contributed by atoms with E-state index < -0.39 is 0 Å². The molecule has 2 nitrogen and oxygen atoms in total. The van der Waals surface area contributed by atoms with Crippen LogP contribution in [0.15, 0.2) is 18.2 Å². The number of hydrogen-bond donors (Lipinski definition) is 0. The van der Waals surface area contributed by atoms with Crippen LogP contribution in [0.2, 0.25) is 0 Å². The number of carbonyl (C=O) groups is 1. The molecule has 1 heterocycles. The van der Waals surface area contributed by atoms with Crippen LogP contribution >= 0.6 is 11.8 Å². The van der Waals surface area contributed by atoms with Gasteiger partial charge in [0.2, 0.25) is 0 Å². The van der Waals surface area contributed by atoms with E-state index in [4.69, 9.17) is 0 Å². The van der Waals surface area contributed by atoms with Gasteiger partial charge in [-0.3, -0.25) is 9.69 Å². The van der Waals surface area contributed by atoms with Gasteiger partial charge in [0.05, 0.1) is 6.54 Å². The minimum absolute atomic E-state index is 0.262. The van der Waals surface area contributed by atoms with Crippen molar-refractivity contribution >= 4 is 17.5 Å². The Morgan fingerprint density at radius 2 is 2.00 bits per heavy atom. The average molecular weight is 249 g/mol. The van der Waals surface area contributed by atoms with Crippen LogP contribution in [0, 0.1) is 13.8 Å². The van der Waals surface area contributed by atoms with E-state index in [1.54, 1.807) is 0 Å². The molecule has 0 aliphatic carbocycles. The Labute approximate surface area is 107 Å². The minimum atomic E-state index is 0.262. The van der Waals surface area contributed by atoms with Gasteiger partial charge in [-0.2, -0.15) is 11.8 Å². The lowest BCUT2D eigenvalue weighted by atomic mass is 10.0. The topological polar surface area (TPSA) is 20.3 Å². The van der Waals surface area contributed by atoms with E-state index in [2.05, 4.69) is 11.0 Å². The first-order chi connectivity index (χ1) is 8.16. The SMILES string of the molecule is Cc1ccc(C)c(C(=O)CN2CCSCC2)c1. The molecule has 92 valence electrons. The van der Waals surface area contributed by atoms with Gasteiger partial charge < -0.3 is 0 Å². The second-order valence-corrected chi connectivity index (χ2v) is 5.85. The van der Waals surface area contributed by atoms with Crippen LogP contribution in [0.5, 0.6) is 0 Å². The first-order valence-electron chi connectivity index (χ1n) is 6.07. The number of thioether (sulfide) groups is 1. The summed E-state index contributed by atoms with van der Waals surface area (Å²) in [6, 6.07) is 6.11. The monoisotopic (exact) mass is 249 g/mol. The molecule has 0 spiro atoms. The highest BCUT2D eigenvalue weighted by Gasteiger charge is 2.16. The van der Waals surface area contributed by atoms with E-state index in [-0.39, 0.29) is 5.78 Å². The molecule has 3 heteroatoms. The lowest BCUT2D eigenvalue weighted by molar-refractivity contribution is 0.0936. The average Bonchev–Trinajstić information content (AvgIpc) is 2.33. The third-order valence-electron chi connectivity index (χ3n) is 3.16. The Balaban J connectivity index is 2.05. The van der Waals surface area contributed by atoms with Crippen molar-refractivity contribution in [1.29, 1.82) is 0 Å². The van der Waals surface area contributed by atoms with Crippen LogP contribution in [-0.2, 0) is 0 Å². The molecule has 0 unspecified atom stereocenters. The molecular weight excluding hydrogens is 230 g/mol. The van der Waals surface area contributed by atoms with Crippen LogP contribution in [0.3, 0.4) is 0 Å². The van der Waals surface area contributed by atoms with Gasteiger partial charge in [-0.05, 0) is 25.5 Å².